The highest BCUT2D eigenvalue weighted by Crippen LogP contribution is 2.15. The number of sulfonamides is 1. The van der Waals surface area contributed by atoms with Gasteiger partial charge in [-0.25, -0.2) is 13.1 Å². The summed E-state index contributed by atoms with van der Waals surface area (Å²) >= 11 is 0. The zero-order valence-corrected chi connectivity index (χ0v) is 12.1. The van der Waals surface area contributed by atoms with Gasteiger partial charge in [-0.15, -0.1) is 12.4 Å². The molecule has 0 bridgehead atoms. The SMILES string of the molecule is CCOc1ccc(S(=O)(=O)N[C@H](C)CN)cc1.Cl. The molecule has 7 heteroatoms. The van der Waals surface area contributed by atoms with E-state index in [0.29, 0.717) is 12.4 Å². The average molecular weight is 295 g/mol. The summed E-state index contributed by atoms with van der Waals surface area (Å²) in [6.45, 7) is 4.39. The van der Waals surface area contributed by atoms with Gasteiger partial charge in [0.05, 0.1) is 11.5 Å². The molecule has 0 aliphatic rings. The molecule has 1 atom stereocenters. The molecule has 0 amide bonds. The summed E-state index contributed by atoms with van der Waals surface area (Å²) in [6, 6.07) is 6.00. The van der Waals surface area contributed by atoms with Crippen molar-refractivity contribution in [1.82, 2.24) is 4.72 Å². The Hall–Kier alpha value is -0.820. The Kier molecular flexibility index (Phi) is 7.23. The number of nitrogens with one attached hydrogen (secondary N) is 1. The summed E-state index contributed by atoms with van der Waals surface area (Å²) in [5.74, 6) is 0.651. The number of nitrogens with two attached hydrogens (primary N) is 1. The van der Waals surface area contributed by atoms with E-state index < -0.39 is 10.0 Å². The third-order valence-corrected chi connectivity index (χ3v) is 3.76. The van der Waals surface area contributed by atoms with Crippen molar-refractivity contribution in [3.8, 4) is 5.75 Å². The fraction of sp³-hybridized carbons (Fsp3) is 0.455. The molecule has 0 unspecified atom stereocenters. The standard InChI is InChI=1S/C11H18N2O3S.ClH/c1-3-16-10-4-6-11(7-5-10)17(14,15)13-9(2)8-12;/h4-7,9,13H,3,8,12H2,1-2H3;1H/t9-;/m1./s1. The summed E-state index contributed by atoms with van der Waals surface area (Å²) < 4.78 is 31.4. The summed E-state index contributed by atoms with van der Waals surface area (Å²) in [5, 5.41) is 0. The molecular formula is C11H19ClN2O3S. The molecule has 0 saturated heterocycles. The van der Waals surface area contributed by atoms with E-state index in [1.54, 1.807) is 19.1 Å². The lowest BCUT2D eigenvalue weighted by molar-refractivity contribution is 0.340. The highest BCUT2D eigenvalue weighted by Gasteiger charge is 2.16. The van der Waals surface area contributed by atoms with E-state index in [0.717, 1.165) is 0 Å². The lowest BCUT2D eigenvalue weighted by Crippen LogP contribution is -2.37. The van der Waals surface area contributed by atoms with Crippen LogP contribution in [-0.2, 0) is 10.0 Å². The van der Waals surface area contributed by atoms with Crippen LogP contribution < -0.4 is 15.2 Å². The van der Waals surface area contributed by atoms with Gasteiger partial charge in [0.2, 0.25) is 10.0 Å². The van der Waals surface area contributed by atoms with Crippen molar-refractivity contribution in [1.29, 1.82) is 0 Å². The van der Waals surface area contributed by atoms with Crippen molar-refractivity contribution in [2.24, 2.45) is 5.73 Å². The van der Waals surface area contributed by atoms with Gasteiger partial charge in [-0.05, 0) is 38.1 Å². The van der Waals surface area contributed by atoms with Crippen LogP contribution in [0.4, 0.5) is 0 Å². The van der Waals surface area contributed by atoms with Crippen molar-refractivity contribution in [3.63, 3.8) is 0 Å². The normalized spacial score (nSPS) is 12.6. The van der Waals surface area contributed by atoms with Crippen molar-refractivity contribution in [3.05, 3.63) is 24.3 Å². The first-order valence-electron chi connectivity index (χ1n) is 5.45. The monoisotopic (exact) mass is 294 g/mol. The lowest BCUT2D eigenvalue weighted by atomic mass is 10.3. The summed E-state index contributed by atoms with van der Waals surface area (Å²) in [7, 11) is -3.49. The first kappa shape index (κ1) is 17.2. The molecule has 0 aliphatic heterocycles. The first-order valence-corrected chi connectivity index (χ1v) is 6.93. The zero-order valence-electron chi connectivity index (χ0n) is 10.4. The lowest BCUT2D eigenvalue weighted by Gasteiger charge is -2.12. The number of rotatable bonds is 6. The second-order valence-corrected chi connectivity index (χ2v) is 5.38. The maximum atomic E-state index is 11.9. The molecule has 0 radical (unpaired) electrons. The van der Waals surface area contributed by atoms with E-state index >= 15 is 0 Å². The van der Waals surface area contributed by atoms with E-state index in [2.05, 4.69) is 4.72 Å². The minimum absolute atomic E-state index is 0. The molecule has 1 aromatic rings. The van der Waals surface area contributed by atoms with Gasteiger partial charge in [-0.3, -0.25) is 0 Å². The molecule has 0 aromatic heterocycles. The Bertz CT molecular complexity index is 448. The summed E-state index contributed by atoms with van der Waals surface area (Å²) in [5.41, 5.74) is 5.37. The van der Waals surface area contributed by atoms with Gasteiger partial charge >= 0.3 is 0 Å². The van der Waals surface area contributed by atoms with Crippen LogP contribution in [0, 0.1) is 0 Å². The van der Waals surface area contributed by atoms with Gasteiger partial charge < -0.3 is 10.5 Å². The smallest absolute Gasteiger partial charge is 0.240 e. The molecule has 3 N–H and O–H groups in total. The van der Waals surface area contributed by atoms with Crippen LogP contribution in [0.3, 0.4) is 0 Å². The van der Waals surface area contributed by atoms with E-state index in [9.17, 15) is 8.42 Å². The summed E-state index contributed by atoms with van der Waals surface area (Å²) in [4.78, 5) is 0.209. The van der Waals surface area contributed by atoms with E-state index in [-0.39, 0.29) is 29.9 Å². The molecular weight excluding hydrogens is 276 g/mol. The van der Waals surface area contributed by atoms with Crippen LogP contribution in [0.5, 0.6) is 5.75 Å². The third-order valence-electron chi connectivity index (χ3n) is 2.15. The van der Waals surface area contributed by atoms with E-state index in [4.69, 9.17) is 10.5 Å². The second kappa shape index (κ2) is 7.58. The van der Waals surface area contributed by atoms with E-state index in [1.165, 1.54) is 12.1 Å². The Morgan fingerprint density at radius 3 is 2.33 bits per heavy atom. The minimum Gasteiger partial charge on any atom is -0.494 e. The number of halogens is 1. The number of hydrogen-bond donors (Lipinski definition) is 2. The molecule has 0 spiro atoms. The maximum Gasteiger partial charge on any atom is 0.240 e. The zero-order chi connectivity index (χ0) is 12.9. The van der Waals surface area contributed by atoms with Crippen molar-refractivity contribution in [2.75, 3.05) is 13.2 Å². The Morgan fingerprint density at radius 1 is 1.33 bits per heavy atom. The molecule has 1 rings (SSSR count). The fourth-order valence-corrected chi connectivity index (χ4v) is 2.52. The van der Waals surface area contributed by atoms with Gasteiger partial charge in [0.25, 0.3) is 0 Å². The number of benzene rings is 1. The van der Waals surface area contributed by atoms with Gasteiger partial charge in [-0.2, -0.15) is 0 Å². The first-order chi connectivity index (χ1) is 7.99. The van der Waals surface area contributed by atoms with Gasteiger partial charge in [0, 0.05) is 12.6 Å². The predicted octanol–water partition coefficient (Wildman–Crippen LogP) is 1.13. The second-order valence-electron chi connectivity index (χ2n) is 3.66. The van der Waals surface area contributed by atoms with Crippen LogP contribution in [0.1, 0.15) is 13.8 Å². The minimum atomic E-state index is -3.49. The van der Waals surface area contributed by atoms with Crippen molar-refractivity contribution >= 4 is 22.4 Å². The van der Waals surface area contributed by atoms with Gasteiger partial charge in [0.1, 0.15) is 5.75 Å². The topological polar surface area (TPSA) is 81.4 Å². The van der Waals surface area contributed by atoms with Gasteiger partial charge in [0.15, 0.2) is 0 Å². The number of hydrogen-bond acceptors (Lipinski definition) is 4. The van der Waals surface area contributed by atoms with Crippen LogP contribution in [0.2, 0.25) is 0 Å². The maximum absolute atomic E-state index is 11.9. The highest BCUT2D eigenvalue weighted by molar-refractivity contribution is 7.89. The Morgan fingerprint density at radius 2 is 1.89 bits per heavy atom. The van der Waals surface area contributed by atoms with Crippen molar-refractivity contribution < 1.29 is 13.2 Å². The molecule has 0 heterocycles. The van der Waals surface area contributed by atoms with Gasteiger partial charge in [-0.1, -0.05) is 0 Å². The molecule has 104 valence electrons. The molecule has 5 nitrogen and oxygen atoms in total. The number of ether oxygens (including phenoxy) is 1. The van der Waals surface area contributed by atoms with Crippen LogP contribution in [-0.4, -0.2) is 27.6 Å². The summed E-state index contributed by atoms with van der Waals surface area (Å²) in [6.07, 6.45) is 0. The van der Waals surface area contributed by atoms with Crippen LogP contribution >= 0.6 is 12.4 Å². The third kappa shape index (κ3) is 4.81. The Balaban J connectivity index is 0.00000289. The average Bonchev–Trinajstić information content (AvgIpc) is 2.29. The Labute approximate surface area is 114 Å². The largest absolute Gasteiger partial charge is 0.494 e. The predicted molar refractivity (Wildman–Crippen MR) is 73.7 cm³/mol. The highest BCUT2D eigenvalue weighted by atomic mass is 35.5. The van der Waals surface area contributed by atoms with Crippen LogP contribution in [0.25, 0.3) is 0 Å². The molecule has 0 aliphatic carbocycles. The molecule has 0 fully saturated rings. The van der Waals surface area contributed by atoms with Crippen molar-refractivity contribution in [2.45, 2.75) is 24.8 Å². The molecule has 1 aromatic carbocycles. The fourth-order valence-electron chi connectivity index (χ4n) is 1.26. The van der Waals surface area contributed by atoms with E-state index in [1.807, 2.05) is 6.92 Å². The molecule has 0 saturated carbocycles. The van der Waals surface area contributed by atoms with Crippen LogP contribution in [0.15, 0.2) is 29.2 Å². The molecule has 18 heavy (non-hydrogen) atoms. The quantitative estimate of drug-likeness (QED) is 0.824.